The Labute approximate surface area is 63.6 Å². The lowest BCUT2D eigenvalue weighted by Crippen LogP contribution is -2.26. The maximum Gasteiger partial charge on any atom is 0.179 e. The number of carbonyl (C=O) groups is 1. The molecule has 0 aliphatic heterocycles. The van der Waals surface area contributed by atoms with Gasteiger partial charge in [-0.05, 0) is 0 Å². The molecule has 0 bridgehead atoms. The van der Waals surface area contributed by atoms with Gasteiger partial charge >= 0.3 is 0 Å². The summed E-state index contributed by atoms with van der Waals surface area (Å²) in [5.74, 6) is -0.103. The number of rotatable bonds is 0. The molecule has 0 saturated heterocycles. The van der Waals surface area contributed by atoms with Crippen molar-refractivity contribution in [1.29, 1.82) is 0 Å². The molecule has 0 spiro atoms. The van der Waals surface area contributed by atoms with Crippen LogP contribution in [-0.4, -0.2) is 10.1 Å². The van der Waals surface area contributed by atoms with Gasteiger partial charge in [0.05, 0.1) is 0 Å². The van der Waals surface area contributed by atoms with Gasteiger partial charge < -0.3 is 0 Å². The number of hydrogen-bond acceptors (Lipinski definition) is 1. The quantitative estimate of drug-likeness (QED) is 0.396. The van der Waals surface area contributed by atoms with Crippen LogP contribution < -0.4 is 0 Å². The maximum atomic E-state index is 10.8. The number of allylic oxidation sites excluding steroid dienone is 2. The predicted molar refractivity (Wildman–Crippen MR) is 37.8 cm³/mol. The van der Waals surface area contributed by atoms with E-state index in [4.69, 9.17) is 23.2 Å². The van der Waals surface area contributed by atoms with Crippen LogP contribution in [-0.2, 0) is 4.79 Å². The summed E-state index contributed by atoms with van der Waals surface area (Å²) in [5, 5.41) is 0. The standard InChI is InChI=1S/C6H6Cl2O/c7-6(8)4-2-1-3-5(6)9/h1-2H,3-4H2. The molecule has 1 aliphatic carbocycles. The molecule has 1 nitrogen and oxygen atoms in total. The Morgan fingerprint density at radius 1 is 1.44 bits per heavy atom. The molecule has 0 saturated carbocycles. The molecule has 0 aromatic carbocycles. The molecule has 0 N–H and O–H groups in total. The highest BCUT2D eigenvalue weighted by atomic mass is 35.5. The van der Waals surface area contributed by atoms with Gasteiger partial charge in [-0.15, -0.1) is 0 Å². The molecule has 0 amide bonds. The molecule has 0 radical (unpaired) electrons. The second-order valence-electron chi connectivity index (χ2n) is 2.01. The second-order valence-corrected chi connectivity index (χ2v) is 3.49. The van der Waals surface area contributed by atoms with Gasteiger partial charge in [-0.2, -0.15) is 0 Å². The van der Waals surface area contributed by atoms with E-state index in [1.165, 1.54) is 0 Å². The molecule has 1 rings (SSSR count). The summed E-state index contributed by atoms with van der Waals surface area (Å²) >= 11 is 11.2. The lowest BCUT2D eigenvalue weighted by atomic mass is 10.1. The predicted octanol–water partition coefficient (Wildman–Crippen LogP) is 2.08. The number of hydrogen-bond donors (Lipinski definition) is 0. The van der Waals surface area contributed by atoms with Gasteiger partial charge in [0.15, 0.2) is 10.1 Å². The van der Waals surface area contributed by atoms with E-state index in [1.54, 1.807) is 6.08 Å². The van der Waals surface area contributed by atoms with Crippen molar-refractivity contribution in [3.8, 4) is 0 Å². The van der Waals surface area contributed by atoms with Crippen LogP contribution in [0.15, 0.2) is 12.2 Å². The number of Topliss-reactive ketones (excluding diaryl/α,β-unsaturated/α-hetero) is 1. The summed E-state index contributed by atoms with van der Waals surface area (Å²) in [5.41, 5.74) is 0. The zero-order valence-electron chi connectivity index (χ0n) is 4.73. The Hall–Kier alpha value is -0.0100. The summed E-state index contributed by atoms with van der Waals surface area (Å²) in [6, 6.07) is 0. The third-order valence-electron chi connectivity index (χ3n) is 1.25. The normalized spacial score (nSPS) is 24.4. The summed E-state index contributed by atoms with van der Waals surface area (Å²) in [6.07, 6.45) is 4.41. The van der Waals surface area contributed by atoms with Gasteiger partial charge in [0.2, 0.25) is 0 Å². The first kappa shape index (κ1) is 7.10. The summed E-state index contributed by atoms with van der Waals surface area (Å²) in [7, 11) is 0. The fourth-order valence-corrected chi connectivity index (χ4v) is 1.02. The van der Waals surface area contributed by atoms with Crippen molar-refractivity contribution in [1.82, 2.24) is 0 Å². The van der Waals surface area contributed by atoms with E-state index in [1.807, 2.05) is 6.08 Å². The summed E-state index contributed by atoms with van der Waals surface area (Å²) in [6.45, 7) is 0. The van der Waals surface area contributed by atoms with E-state index >= 15 is 0 Å². The maximum absolute atomic E-state index is 10.8. The lowest BCUT2D eigenvalue weighted by Gasteiger charge is -2.17. The van der Waals surface area contributed by atoms with Gasteiger partial charge in [-0.25, -0.2) is 0 Å². The van der Waals surface area contributed by atoms with Crippen molar-refractivity contribution < 1.29 is 4.79 Å². The lowest BCUT2D eigenvalue weighted by molar-refractivity contribution is -0.119. The Balaban J connectivity index is 2.76. The van der Waals surface area contributed by atoms with Crippen LogP contribution in [0.1, 0.15) is 12.8 Å². The Morgan fingerprint density at radius 3 is 2.44 bits per heavy atom. The zero-order chi connectivity index (χ0) is 6.91. The van der Waals surface area contributed by atoms with Crippen LogP contribution in [0.5, 0.6) is 0 Å². The first-order valence-electron chi connectivity index (χ1n) is 2.69. The van der Waals surface area contributed by atoms with Gasteiger partial charge in [-0.3, -0.25) is 4.79 Å². The molecule has 50 valence electrons. The molecule has 0 aromatic rings. The largest absolute Gasteiger partial charge is 0.296 e. The van der Waals surface area contributed by atoms with E-state index in [-0.39, 0.29) is 5.78 Å². The first-order chi connectivity index (χ1) is 4.13. The van der Waals surface area contributed by atoms with E-state index in [9.17, 15) is 4.79 Å². The topological polar surface area (TPSA) is 17.1 Å². The molecule has 0 unspecified atom stereocenters. The van der Waals surface area contributed by atoms with Crippen molar-refractivity contribution in [2.45, 2.75) is 17.2 Å². The van der Waals surface area contributed by atoms with Crippen LogP contribution in [0.3, 0.4) is 0 Å². The third-order valence-corrected chi connectivity index (χ3v) is 1.98. The molecular weight excluding hydrogens is 159 g/mol. The second kappa shape index (κ2) is 2.31. The number of carbonyl (C=O) groups excluding carboxylic acids is 1. The smallest absolute Gasteiger partial charge is 0.179 e. The molecule has 0 aromatic heterocycles. The fourth-order valence-electron chi connectivity index (χ4n) is 0.685. The molecular formula is C6H6Cl2O. The average Bonchev–Trinajstić information content (AvgIpc) is 1.77. The first-order valence-corrected chi connectivity index (χ1v) is 3.44. The summed E-state index contributed by atoms with van der Waals surface area (Å²) < 4.78 is -1.14. The van der Waals surface area contributed by atoms with E-state index in [2.05, 4.69) is 0 Å². The zero-order valence-corrected chi connectivity index (χ0v) is 6.24. The highest BCUT2D eigenvalue weighted by Crippen LogP contribution is 2.31. The molecule has 1 aliphatic rings. The Morgan fingerprint density at radius 2 is 2.11 bits per heavy atom. The Kier molecular flexibility index (Phi) is 1.83. The molecule has 0 atom stereocenters. The molecule has 0 fully saturated rings. The minimum atomic E-state index is -1.14. The van der Waals surface area contributed by atoms with Crippen molar-refractivity contribution in [2.24, 2.45) is 0 Å². The van der Waals surface area contributed by atoms with Crippen LogP contribution in [0.25, 0.3) is 0 Å². The minimum absolute atomic E-state index is 0.103. The van der Waals surface area contributed by atoms with Gasteiger partial charge in [-0.1, -0.05) is 35.4 Å². The van der Waals surface area contributed by atoms with Crippen LogP contribution in [0, 0.1) is 0 Å². The Bertz CT molecular complexity index is 160. The SMILES string of the molecule is O=C1CC=CCC1(Cl)Cl. The van der Waals surface area contributed by atoms with Crippen molar-refractivity contribution in [3.05, 3.63) is 12.2 Å². The monoisotopic (exact) mass is 164 g/mol. The average molecular weight is 165 g/mol. The van der Waals surface area contributed by atoms with Gasteiger partial charge in [0.25, 0.3) is 0 Å². The molecule has 9 heavy (non-hydrogen) atoms. The van der Waals surface area contributed by atoms with Crippen LogP contribution in [0.2, 0.25) is 0 Å². The summed E-state index contributed by atoms with van der Waals surface area (Å²) in [4.78, 5) is 10.8. The van der Waals surface area contributed by atoms with Crippen LogP contribution in [0.4, 0.5) is 0 Å². The number of ketones is 1. The van der Waals surface area contributed by atoms with Crippen molar-refractivity contribution in [3.63, 3.8) is 0 Å². The van der Waals surface area contributed by atoms with Crippen molar-refractivity contribution in [2.75, 3.05) is 0 Å². The van der Waals surface area contributed by atoms with Crippen LogP contribution >= 0.6 is 23.2 Å². The van der Waals surface area contributed by atoms with Crippen molar-refractivity contribution >= 4 is 29.0 Å². The van der Waals surface area contributed by atoms with Gasteiger partial charge in [0.1, 0.15) is 0 Å². The van der Waals surface area contributed by atoms with E-state index < -0.39 is 4.33 Å². The fraction of sp³-hybridized carbons (Fsp3) is 0.500. The molecule has 0 heterocycles. The molecule has 3 heteroatoms. The number of halogens is 2. The third kappa shape index (κ3) is 1.46. The van der Waals surface area contributed by atoms with E-state index in [0.29, 0.717) is 12.8 Å². The number of alkyl halides is 2. The van der Waals surface area contributed by atoms with Gasteiger partial charge in [0, 0.05) is 12.8 Å². The van der Waals surface area contributed by atoms with E-state index in [0.717, 1.165) is 0 Å². The minimum Gasteiger partial charge on any atom is -0.296 e. The highest BCUT2D eigenvalue weighted by molar-refractivity contribution is 6.58. The highest BCUT2D eigenvalue weighted by Gasteiger charge is 2.32.